The third kappa shape index (κ3) is 3.66. The van der Waals surface area contributed by atoms with Gasteiger partial charge in [-0.2, -0.15) is 0 Å². The Balaban J connectivity index is 1.45. The Morgan fingerprint density at radius 3 is 3.04 bits per heavy atom. The van der Waals surface area contributed by atoms with E-state index in [1.807, 2.05) is 29.2 Å². The zero-order valence-electron chi connectivity index (χ0n) is 14.1. The van der Waals surface area contributed by atoms with E-state index in [-0.39, 0.29) is 11.8 Å². The van der Waals surface area contributed by atoms with Crippen molar-refractivity contribution in [1.82, 2.24) is 14.9 Å². The normalized spacial score (nSPS) is 17.4. The molecule has 1 saturated heterocycles. The first-order valence-electron chi connectivity index (χ1n) is 8.56. The molecular formula is C19H18ClN3O2S. The lowest BCUT2D eigenvalue weighted by molar-refractivity contribution is 0.0702. The van der Waals surface area contributed by atoms with E-state index in [0.29, 0.717) is 23.7 Å². The summed E-state index contributed by atoms with van der Waals surface area (Å²) in [6.07, 6.45) is 5.92. The second-order valence-electron chi connectivity index (χ2n) is 6.39. The fourth-order valence-electron chi connectivity index (χ4n) is 3.26. The highest BCUT2D eigenvalue weighted by atomic mass is 35.5. The number of nitrogens with zero attached hydrogens (tertiary/aromatic N) is 3. The summed E-state index contributed by atoms with van der Waals surface area (Å²) in [5, 5.41) is 0.726. The molecule has 1 aliphatic heterocycles. The van der Waals surface area contributed by atoms with E-state index in [1.54, 1.807) is 17.9 Å². The molecule has 134 valence electrons. The molecule has 5 nitrogen and oxygen atoms in total. The third-order valence-corrected chi connectivity index (χ3v) is 5.72. The van der Waals surface area contributed by atoms with Gasteiger partial charge in [-0.1, -0.05) is 29.8 Å². The van der Waals surface area contributed by atoms with Crippen LogP contribution in [0.1, 0.15) is 45.6 Å². The van der Waals surface area contributed by atoms with E-state index < -0.39 is 0 Å². The van der Waals surface area contributed by atoms with Gasteiger partial charge in [0.25, 0.3) is 5.91 Å². The van der Waals surface area contributed by atoms with E-state index in [9.17, 15) is 4.79 Å². The maximum absolute atomic E-state index is 12.6. The monoisotopic (exact) mass is 387 g/mol. The molecule has 3 aromatic rings. The summed E-state index contributed by atoms with van der Waals surface area (Å²) in [6.45, 7) is 1.39. The van der Waals surface area contributed by atoms with Crippen LogP contribution in [-0.2, 0) is 6.42 Å². The summed E-state index contributed by atoms with van der Waals surface area (Å²) in [4.78, 5) is 23.6. The first-order valence-corrected chi connectivity index (χ1v) is 9.82. The number of hydrogen-bond donors (Lipinski definition) is 0. The van der Waals surface area contributed by atoms with Gasteiger partial charge in [0.2, 0.25) is 0 Å². The van der Waals surface area contributed by atoms with Crippen molar-refractivity contribution in [2.24, 2.45) is 0 Å². The van der Waals surface area contributed by atoms with Gasteiger partial charge in [-0.05, 0) is 24.5 Å². The van der Waals surface area contributed by atoms with E-state index in [4.69, 9.17) is 16.0 Å². The molecule has 0 unspecified atom stereocenters. The molecule has 7 heteroatoms. The topological polar surface area (TPSA) is 59.2 Å². The lowest BCUT2D eigenvalue weighted by Gasteiger charge is -2.30. The lowest BCUT2D eigenvalue weighted by Crippen LogP contribution is -2.38. The number of benzene rings is 1. The molecule has 0 bridgehead atoms. The fraction of sp³-hybridized carbons (Fsp3) is 0.316. The van der Waals surface area contributed by atoms with E-state index in [1.165, 1.54) is 11.3 Å². The quantitative estimate of drug-likeness (QED) is 0.665. The van der Waals surface area contributed by atoms with Crippen LogP contribution in [0.2, 0.25) is 5.02 Å². The van der Waals surface area contributed by atoms with Crippen LogP contribution in [0.15, 0.2) is 46.6 Å². The van der Waals surface area contributed by atoms with Gasteiger partial charge in [0.05, 0.1) is 23.8 Å². The number of oxazole rings is 1. The summed E-state index contributed by atoms with van der Waals surface area (Å²) in [7, 11) is 0. The number of carbonyl (C=O) groups excluding carboxylic acids is 1. The number of aromatic nitrogens is 2. The molecule has 0 radical (unpaired) electrons. The zero-order valence-corrected chi connectivity index (χ0v) is 15.7. The molecule has 1 aliphatic rings. The first-order chi connectivity index (χ1) is 12.7. The largest absolute Gasteiger partial charge is 0.445 e. The Morgan fingerprint density at radius 2 is 2.23 bits per heavy atom. The van der Waals surface area contributed by atoms with Gasteiger partial charge in [-0.15, -0.1) is 11.3 Å². The van der Waals surface area contributed by atoms with Crippen LogP contribution >= 0.6 is 22.9 Å². The second kappa shape index (κ2) is 7.60. The maximum atomic E-state index is 12.6. The first kappa shape index (κ1) is 17.2. The summed E-state index contributed by atoms with van der Waals surface area (Å²) < 4.78 is 5.98. The summed E-state index contributed by atoms with van der Waals surface area (Å²) in [5.74, 6) is 1.66. The van der Waals surface area contributed by atoms with Gasteiger partial charge < -0.3 is 9.32 Å². The maximum Gasteiger partial charge on any atom is 0.265 e. The number of carbonyl (C=O) groups is 1. The number of likely N-dealkylation sites (tertiary alicyclic amines) is 1. The van der Waals surface area contributed by atoms with Crippen LogP contribution in [-0.4, -0.2) is 33.9 Å². The highest BCUT2D eigenvalue weighted by Gasteiger charge is 2.29. The van der Waals surface area contributed by atoms with Crippen LogP contribution < -0.4 is 0 Å². The van der Waals surface area contributed by atoms with Gasteiger partial charge in [-0.3, -0.25) is 9.78 Å². The minimum atomic E-state index is 0.0417. The number of thiazole rings is 1. The molecule has 1 aromatic carbocycles. The highest BCUT2D eigenvalue weighted by Crippen LogP contribution is 2.29. The van der Waals surface area contributed by atoms with Crippen molar-refractivity contribution in [1.29, 1.82) is 0 Å². The molecule has 1 fully saturated rings. The Hall–Kier alpha value is -2.18. The average Bonchev–Trinajstić information content (AvgIpc) is 3.35. The number of rotatable bonds is 4. The minimum Gasteiger partial charge on any atom is -0.445 e. The molecular weight excluding hydrogens is 370 g/mol. The summed E-state index contributed by atoms with van der Waals surface area (Å²) in [5.41, 5.74) is 2.70. The van der Waals surface area contributed by atoms with Crippen molar-refractivity contribution < 1.29 is 9.21 Å². The standard InChI is InChI=1S/C19H18ClN3O2S/c20-16-6-2-1-4-13(16)8-15-9-22-18(25-15)14-5-3-7-23(11-14)19(24)17-10-21-12-26-17/h1-2,4,6,9-10,12,14H,3,5,7-8,11H2/t14-/m0/s1. The number of amides is 1. The number of piperidine rings is 1. The molecule has 0 saturated carbocycles. The van der Waals surface area contributed by atoms with Gasteiger partial charge in [-0.25, -0.2) is 4.98 Å². The van der Waals surface area contributed by atoms with E-state index in [2.05, 4.69) is 9.97 Å². The van der Waals surface area contributed by atoms with Crippen molar-refractivity contribution in [2.75, 3.05) is 13.1 Å². The molecule has 1 atom stereocenters. The SMILES string of the molecule is O=C(c1cncs1)N1CCC[C@H](c2ncc(Cc3ccccc3Cl)o2)C1. The molecule has 1 amide bonds. The fourth-order valence-corrected chi connectivity index (χ4v) is 4.05. The van der Waals surface area contributed by atoms with Gasteiger partial charge in [0, 0.05) is 24.5 Å². The molecule has 3 heterocycles. The summed E-state index contributed by atoms with van der Waals surface area (Å²) >= 11 is 7.60. The molecule has 26 heavy (non-hydrogen) atoms. The predicted molar refractivity (Wildman–Crippen MR) is 101 cm³/mol. The molecule has 0 aliphatic carbocycles. The third-order valence-electron chi connectivity index (χ3n) is 4.59. The van der Waals surface area contributed by atoms with Gasteiger partial charge >= 0.3 is 0 Å². The van der Waals surface area contributed by atoms with Crippen LogP contribution in [0, 0.1) is 0 Å². The van der Waals surface area contributed by atoms with Crippen LogP contribution in [0.25, 0.3) is 0 Å². The van der Waals surface area contributed by atoms with E-state index >= 15 is 0 Å². The molecule has 0 N–H and O–H groups in total. The molecule has 2 aromatic heterocycles. The number of hydrogen-bond acceptors (Lipinski definition) is 5. The Bertz CT molecular complexity index is 894. The lowest BCUT2D eigenvalue weighted by atomic mass is 9.98. The Labute approximate surface area is 160 Å². The van der Waals surface area contributed by atoms with Crippen molar-refractivity contribution in [3.63, 3.8) is 0 Å². The second-order valence-corrected chi connectivity index (χ2v) is 7.68. The average molecular weight is 388 g/mol. The molecule has 0 spiro atoms. The van der Waals surface area contributed by atoms with Crippen LogP contribution in [0.3, 0.4) is 0 Å². The highest BCUT2D eigenvalue weighted by molar-refractivity contribution is 7.11. The van der Waals surface area contributed by atoms with Crippen molar-refractivity contribution >= 4 is 28.8 Å². The summed E-state index contributed by atoms with van der Waals surface area (Å²) in [6, 6.07) is 7.73. The van der Waals surface area contributed by atoms with Crippen molar-refractivity contribution in [3.8, 4) is 0 Å². The Morgan fingerprint density at radius 1 is 1.35 bits per heavy atom. The van der Waals surface area contributed by atoms with E-state index in [0.717, 1.165) is 35.7 Å². The van der Waals surface area contributed by atoms with Crippen LogP contribution in [0.4, 0.5) is 0 Å². The van der Waals surface area contributed by atoms with Gasteiger partial charge in [0.15, 0.2) is 5.89 Å². The Kier molecular flexibility index (Phi) is 5.04. The minimum absolute atomic E-state index is 0.0417. The van der Waals surface area contributed by atoms with Crippen molar-refractivity contribution in [3.05, 3.63) is 69.3 Å². The van der Waals surface area contributed by atoms with Gasteiger partial charge in [0.1, 0.15) is 10.6 Å². The predicted octanol–water partition coefficient (Wildman–Crippen LogP) is 4.40. The van der Waals surface area contributed by atoms with Crippen LogP contribution in [0.5, 0.6) is 0 Å². The van der Waals surface area contributed by atoms with Crippen molar-refractivity contribution in [2.45, 2.75) is 25.2 Å². The zero-order chi connectivity index (χ0) is 17.9. The number of halogens is 1. The smallest absolute Gasteiger partial charge is 0.265 e. The molecule has 4 rings (SSSR count).